The molecule has 1 aromatic carbocycles. The fourth-order valence-electron chi connectivity index (χ4n) is 2.83. The minimum Gasteiger partial charge on any atom is -0.493 e. The Labute approximate surface area is 164 Å². The molecule has 154 valence electrons. The van der Waals surface area contributed by atoms with Gasteiger partial charge in [-0.1, -0.05) is 11.2 Å². The summed E-state index contributed by atoms with van der Waals surface area (Å²) >= 11 is 0. The van der Waals surface area contributed by atoms with Gasteiger partial charge in [0.2, 0.25) is 0 Å². The van der Waals surface area contributed by atoms with Crippen molar-refractivity contribution in [1.82, 2.24) is 19.8 Å². The zero-order valence-corrected chi connectivity index (χ0v) is 16.2. The Morgan fingerprint density at radius 1 is 1.31 bits per heavy atom. The Hall–Kier alpha value is -3.30. The van der Waals surface area contributed by atoms with E-state index in [9.17, 15) is 18.0 Å². The number of carbonyl (C=O) groups is 1. The summed E-state index contributed by atoms with van der Waals surface area (Å²) in [5.41, 5.74) is 0.776. The van der Waals surface area contributed by atoms with Crippen molar-refractivity contribution in [3.63, 3.8) is 0 Å². The first-order chi connectivity index (χ1) is 13.6. The summed E-state index contributed by atoms with van der Waals surface area (Å²) in [6.45, 7) is 3.75. The van der Waals surface area contributed by atoms with Gasteiger partial charge in [-0.15, -0.1) is 0 Å². The van der Waals surface area contributed by atoms with Gasteiger partial charge in [-0.2, -0.15) is 18.3 Å². The zero-order chi connectivity index (χ0) is 21.3. The van der Waals surface area contributed by atoms with E-state index >= 15 is 0 Å². The number of carbonyl (C=O) groups excluding carboxylic acids is 1. The van der Waals surface area contributed by atoms with Crippen LogP contribution in [0.15, 0.2) is 35.0 Å². The fraction of sp³-hybridized carbons (Fsp3) is 0.316. The highest BCUT2D eigenvalue weighted by molar-refractivity contribution is 5.94. The van der Waals surface area contributed by atoms with Crippen molar-refractivity contribution >= 4 is 5.91 Å². The summed E-state index contributed by atoms with van der Waals surface area (Å²) in [5, 5.41) is 8.02. The third kappa shape index (κ3) is 4.10. The number of benzene rings is 1. The van der Waals surface area contributed by atoms with Gasteiger partial charge in [0.15, 0.2) is 11.4 Å². The molecule has 0 atom stereocenters. The average Bonchev–Trinajstić information content (AvgIpc) is 3.25. The van der Waals surface area contributed by atoms with Crippen molar-refractivity contribution in [2.75, 3.05) is 14.2 Å². The van der Waals surface area contributed by atoms with Crippen LogP contribution in [-0.4, -0.2) is 39.9 Å². The van der Waals surface area contributed by atoms with E-state index in [0.29, 0.717) is 11.5 Å². The van der Waals surface area contributed by atoms with E-state index in [0.717, 1.165) is 17.7 Å². The molecule has 2 heterocycles. The van der Waals surface area contributed by atoms with E-state index in [1.54, 1.807) is 20.9 Å². The zero-order valence-electron chi connectivity index (χ0n) is 16.2. The first-order valence-electron chi connectivity index (χ1n) is 8.60. The van der Waals surface area contributed by atoms with Gasteiger partial charge in [0, 0.05) is 12.6 Å². The number of ether oxygens (including phenoxy) is 1. The molecule has 3 aromatic rings. The SMILES string of the molecule is COc1cn(-c2cccc(C(F)(F)F)c2)nc1C(=O)N(C)Cc1c(C)noc1C. The Morgan fingerprint density at radius 2 is 2.03 bits per heavy atom. The molecule has 0 fully saturated rings. The van der Waals surface area contributed by atoms with Crippen LogP contribution in [-0.2, 0) is 12.7 Å². The lowest BCUT2D eigenvalue weighted by atomic mass is 10.2. The summed E-state index contributed by atoms with van der Waals surface area (Å²) < 4.78 is 50.5. The topological polar surface area (TPSA) is 73.4 Å². The van der Waals surface area contributed by atoms with Gasteiger partial charge in [0.1, 0.15) is 5.76 Å². The third-order valence-electron chi connectivity index (χ3n) is 4.46. The molecule has 0 radical (unpaired) electrons. The molecular weight excluding hydrogens is 389 g/mol. The molecule has 10 heteroatoms. The molecule has 1 amide bonds. The summed E-state index contributed by atoms with van der Waals surface area (Å²) in [7, 11) is 2.94. The van der Waals surface area contributed by atoms with Gasteiger partial charge in [-0.05, 0) is 32.0 Å². The van der Waals surface area contributed by atoms with Crippen LogP contribution < -0.4 is 4.74 Å². The number of hydrogen-bond donors (Lipinski definition) is 0. The predicted octanol–water partition coefficient (Wildman–Crippen LogP) is 3.78. The van der Waals surface area contributed by atoms with Crippen molar-refractivity contribution < 1.29 is 27.2 Å². The molecule has 0 aliphatic heterocycles. The Morgan fingerprint density at radius 3 is 2.62 bits per heavy atom. The molecule has 0 N–H and O–H groups in total. The molecule has 0 aliphatic carbocycles. The van der Waals surface area contributed by atoms with Crippen LogP contribution in [0.3, 0.4) is 0 Å². The molecular formula is C19H19F3N4O3. The molecule has 0 bridgehead atoms. The second-order valence-corrected chi connectivity index (χ2v) is 6.50. The average molecular weight is 408 g/mol. The first-order valence-corrected chi connectivity index (χ1v) is 8.60. The van der Waals surface area contributed by atoms with Gasteiger partial charge >= 0.3 is 6.18 Å². The van der Waals surface area contributed by atoms with Crippen LogP contribution in [0.1, 0.15) is 33.1 Å². The van der Waals surface area contributed by atoms with Crippen molar-refractivity contribution in [3.05, 3.63) is 58.7 Å². The Bertz CT molecular complexity index is 1020. The first kappa shape index (κ1) is 20.4. The molecule has 7 nitrogen and oxygen atoms in total. The minimum atomic E-state index is -4.49. The van der Waals surface area contributed by atoms with E-state index in [1.165, 1.54) is 35.0 Å². The van der Waals surface area contributed by atoms with Crippen LogP contribution in [0.5, 0.6) is 5.75 Å². The maximum atomic E-state index is 13.0. The van der Waals surface area contributed by atoms with Crippen LogP contribution in [0, 0.1) is 13.8 Å². The number of methoxy groups -OCH3 is 1. The summed E-state index contributed by atoms with van der Waals surface area (Å²) in [5.74, 6) is 0.300. The minimum absolute atomic E-state index is 0.0147. The van der Waals surface area contributed by atoms with E-state index < -0.39 is 17.6 Å². The van der Waals surface area contributed by atoms with E-state index in [2.05, 4.69) is 10.3 Å². The standard InChI is InChI=1S/C19H19F3N4O3/c1-11-15(12(2)29-24-11)9-25(3)18(27)17-16(28-4)10-26(23-17)14-7-5-6-13(8-14)19(20,21)22/h5-8,10H,9H2,1-4H3. The number of amides is 1. The third-order valence-corrected chi connectivity index (χ3v) is 4.46. The summed E-state index contributed by atoms with van der Waals surface area (Å²) in [6, 6.07) is 4.66. The van der Waals surface area contributed by atoms with Crippen LogP contribution in [0.4, 0.5) is 13.2 Å². The number of rotatable bonds is 5. The smallest absolute Gasteiger partial charge is 0.416 e. The lowest BCUT2D eigenvalue weighted by molar-refractivity contribution is -0.137. The number of aromatic nitrogens is 3. The van der Waals surface area contributed by atoms with E-state index in [4.69, 9.17) is 9.26 Å². The maximum absolute atomic E-state index is 13.0. The summed E-state index contributed by atoms with van der Waals surface area (Å²) in [6.07, 6.45) is -3.12. The van der Waals surface area contributed by atoms with Crippen molar-refractivity contribution in [3.8, 4) is 11.4 Å². The maximum Gasteiger partial charge on any atom is 0.416 e. The number of alkyl halides is 3. The van der Waals surface area contributed by atoms with Gasteiger partial charge in [0.05, 0.1) is 36.8 Å². The van der Waals surface area contributed by atoms with Gasteiger partial charge in [-0.25, -0.2) is 4.68 Å². The van der Waals surface area contributed by atoms with Crippen LogP contribution in [0.2, 0.25) is 0 Å². The molecule has 0 spiro atoms. The molecule has 29 heavy (non-hydrogen) atoms. The number of nitrogens with zero attached hydrogens (tertiary/aromatic N) is 4. The molecule has 0 saturated carbocycles. The lowest BCUT2D eigenvalue weighted by Gasteiger charge is -2.16. The number of aryl methyl sites for hydroxylation is 2. The molecule has 0 aliphatic rings. The fourth-order valence-corrected chi connectivity index (χ4v) is 2.83. The van der Waals surface area contributed by atoms with Crippen molar-refractivity contribution in [2.45, 2.75) is 26.6 Å². The second-order valence-electron chi connectivity index (χ2n) is 6.50. The molecule has 2 aromatic heterocycles. The monoisotopic (exact) mass is 408 g/mol. The lowest BCUT2D eigenvalue weighted by Crippen LogP contribution is -2.27. The second kappa shape index (κ2) is 7.61. The van der Waals surface area contributed by atoms with Crippen LogP contribution in [0.25, 0.3) is 5.69 Å². The highest BCUT2D eigenvalue weighted by Crippen LogP contribution is 2.31. The van der Waals surface area contributed by atoms with Crippen LogP contribution >= 0.6 is 0 Å². The number of halogens is 3. The van der Waals surface area contributed by atoms with Crippen molar-refractivity contribution in [2.24, 2.45) is 0 Å². The number of hydrogen-bond acceptors (Lipinski definition) is 5. The molecule has 0 unspecified atom stereocenters. The Kier molecular flexibility index (Phi) is 5.36. The van der Waals surface area contributed by atoms with E-state index in [-0.39, 0.29) is 23.7 Å². The van der Waals surface area contributed by atoms with E-state index in [1.807, 2.05) is 0 Å². The molecule has 0 saturated heterocycles. The summed E-state index contributed by atoms with van der Waals surface area (Å²) in [4.78, 5) is 14.3. The molecule has 3 rings (SSSR count). The highest BCUT2D eigenvalue weighted by atomic mass is 19.4. The largest absolute Gasteiger partial charge is 0.493 e. The Balaban J connectivity index is 1.91. The van der Waals surface area contributed by atoms with Gasteiger partial charge in [0.25, 0.3) is 5.91 Å². The van der Waals surface area contributed by atoms with Gasteiger partial charge in [-0.3, -0.25) is 4.79 Å². The normalized spacial score (nSPS) is 11.6. The van der Waals surface area contributed by atoms with Crippen molar-refractivity contribution in [1.29, 1.82) is 0 Å². The predicted molar refractivity (Wildman–Crippen MR) is 96.9 cm³/mol. The van der Waals surface area contributed by atoms with Gasteiger partial charge < -0.3 is 14.2 Å². The highest BCUT2D eigenvalue weighted by Gasteiger charge is 2.31. The quantitative estimate of drug-likeness (QED) is 0.643.